The van der Waals surface area contributed by atoms with Gasteiger partial charge in [0.25, 0.3) is 0 Å². The van der Waals surface area contributed by atoms with Gasteiger partial charge in [-0.15, -0.1) is 0 Å². The highest BCUT2D eigenvalue weighted by molar-refractivity contribution is 9.10. The maximum absolute atomic E-state index is 4.31. The molecule has 0 saturated carbocycles. The first-order valence-corrected chi connectivity index (χ1v) is 5.44. The van der Waals surface area contributed by atoms with Gasteiger partial charge in [-0.1, -0.05) is 0 Å². The maximum Gasteiger partial charge on any atom is 0.0664 e. The third kappa shape index (κ3) is 3.08. The molecule has 0 bridgehead atoms. The lowest BCUT2D eigenvalue weighted by molar-refractivity contribution is 0.368. The van der Waals surface area contributed by atoms with E-state index in [0.29, 0.717) is 0 Å². The van der Waals surface area contributed by atoms with Gasteiger partial charge in [0.2, 0.25) is 0 Å². The van der Waals surface area contributed by atoms with Crippen LogP contribution in [0.3, 0.4) is 0 Å². The topological polar surface area (TPSA) is 33.1 Å². The molecular formula is C9H17BrN4. The molecule has 4 nitrogen and oxygen atoms in total. The zero-order valence-electron chi connectivity index (χ0n) is 8.92. The number of likely N-dealkylation sites (N-methyl/N-ethyl adjacent to an activating group) is 1. The van der Waals surface area contributed by atoms with Gasteiger partial charge in [-0.2, -0.15) is 5.10 Å². The van der Waals surface area contributed by atoms with Gasteiger partial charge in [0.05, 0.1) is 22.9 Å². The molecule has 0 amide bonds. The molecule has 0 saturated heterocycles. The van der Waals surface area contributed by atoms with Gasteiger partial charge in [-0.3, -0.25) is 4.68 Å². The molecule has 0 aliphatic rings. The highest BCUT2D eigenvalue weighted by Gasteiger charge is 2.07. The van der Waals surface area contributed by atoms with E-state index in [4.69, 9.17) is 0 Å². The van der Waals surface area contributed by atoms with E-state index in [9.17, 15) is 0 Å². The average molecular weight is 261 g/mol. The second-order valence-electron chi connectivity index (χ2n) is 3.50. The van der Waals surface area contributed by atoms with Crippen LogP contribution in [0.1, 0.15) is 5.69 Å². The molecule has 0 aliphatic heterocycles. The Morgan fingerprint density at radius 3 is 2.86 bits per heavy atom. The monoisotopic (exact) mass is 260 g/mol. The van der Waals surface area contributed by atoms with Crippen molar-refractivity contribution in [2.24, 2.45) is 0 Å². The molecule has 0 atom stereocenters. The van der Waals surface area contributed by atoms with E-state index in [1.54, 1.807) is 0 Å². The summed E-state index contributed by atoms with van der Waals surface area (Å²) < 4.78 is 3.10. The van der Waals surface area contributed by atoms with Crippen LogP contribution < -0.4 is 5.32 Å². The van der Waals surface area contributed by atoms with E-state index in [-0.39, 0.29) is 0 Å². The summed E-state index contributed by atoms with van der Waals surface area (Å²) in [7, 11) is 6.07. The van der Waals surface area contributed by atoms with Gasteiger partial charge in [0.15, 0.2) is 0 Å². The number of nitrogens with one attached hydrogen (secondary N) is 1. The largest absolute Gasteiger partial charge is 0.314 e. The molecule has 0 spiro atoms. The van der Waals surface area contributed by atoms with Crippen LogP contribution >= 0.6 is 15.9 Å². The van der Waals surface area contributed by atoms with Crippen LogP contribution in [0.2, 0.25) is 0 Å². The zero-order valence-corrected chi connectivity index (χ0v) is 10.5. The molecule has 5 heteroatoms. The Morgan fingerprint density at radius 2 is 2.29 bits per heavy atom. The lowest BCUT2D eigenvalue weighted by Gasteiger charge is -2.11. The molecule has 0 unspecified atom stereocenters. The highest BCUT2D eigenvalue weighted by atomic mass is 79.9. The maximum atomic E-state index is 4.31. The van der Waals surface area contributed by atoms with Crippen molar-refractivity contribution in [1.82, 2.24) is 20.0 Å². The first kappa shape index (κ1) is 11.7. The summed E-state index contributed by atoms with van der Waals surface area (Å²) in [6, 6.07) is 0. The van der Waals surface area contributed by atoms with Crippen molar-refractivity contribution in [2.75, 3.05) is 27.7 Å². The van der Waals surface area contributed by atoms with Crippen LogP contribution in [0.15, 0.2) is 10.7 Å². The molecular weight excluding hydrogens is 244 g/mol. The summed E-state index contributed by atoms with van der Waals surface area (Å²) in [5, 5.41) is 7.44. The van der Waals surface area contributed by atoms with Crippen molar-refractivity contribution in [3.05, 3.63) is 16.4 Å². The summed E-state index contributed by atoms with van der Waals surface area (Å²) in [5.74, 6) is 0. The molecule has 80 valence electrons. The zero-order chi connectivity index (χ0) is 10.6. The van der Waals surface area contributed by atoms with E-state index in [1.165, 1.54) is 5.69 Å². The quantitative estimate of drug-likeness (QED) is 0.855. The van der Waals surface area contributed by atoms with Crippen LogP contribution in [0.5, 0.6) is 0 Å². The second kappa shape index (κ2) is 5.48. The second-order valence-corrected chi connectivity index (χ2v) is 4.35. The summed E-state index contributed by atoms with van der Waals surface area (Å²) in [5.41, 5.74) is 1.20. The Labute approximate surface area is 93.4 Å². The summed E-state index contributed by atoms with van der Waals surface area (Å²) in [6.45, 7) is 2.77. The molecule has 1 aromatic rings. The molecule has 0 aromatic carbocycles. The molecule has 1 N–H and O–H groups in total. The molecule has 0 radical (unpaired) electrons. The molecule has 0 aliphatic carbocycles. The summed E-state index contributed by atoms with van der Waals surface area (Å²) in [4.78, 5) is 2.15. The molecule has 1 heterocycles. The molecule has 1 rings (SSSR count). The number of halogens is 1. The van der Waals surface area contributed by atoms with Crippen molar-refractivity contribution >= 4 is 15.9 Å². The van der Waals surface area contributed by atoms with Crippen molar-refractivity contribution in [3.63, 3.8) is 0 Å². The minimum absolute atomic E-state index is 0.841. The fraction of sp³-hybridized carbons (Fsp3) is 0.667. The number of rotatable bonds is 5. The van der Waals surface area contributed by atoms with Gasteiger partial charge in [-0.05, 0) is 37.1 Å². The number of hydrogen-bond donors (Lipinski definition) is 1. The van der Waals surface area contributed by atoms with Gasteiger partial charge in [0, 0.05) is 13.1 Å². The Bertz CT molecular complexity index is 282. The van der Waals surface area contributed by atoms with Crippen LogP contribution in [0.4, 0.5) is 0 Å². The lowest BCUT2D eigenvalue weighted by Crippen LogP contribution is -2.21. The third-order valence-corrected chi connectivity index (χ3v) is 2.66. The number of aromatic nitrogens is 2. The Morgan fingerprint density at radius 1 is 1.57 bits per heavy atom. The van der Waals surface area contributed by atoms with Crippen molar-refractivity contribution in [2.45, 2.75) is 13.1 Å². The fourth-order valence-electron chi connectivity index (χ4n) is 1.22. The van der Waals surface area contributed by atoms with E-state index < -0.39 is 0 Å². The van der Waals surface area contributed by atoms with Crippen LogP contribution in [0.25, 0.3) is 0 Å². The number of hydrogen-bond acceptors (Lipinski definition) is 3. The minimum Gasteiger partial charge on any atom is -0.314 e. The van der Waals surface area contributed by atoms with Crippen molar-refractivity contribution in [3.8, 4) is 0 Å². The fourth-order valence-corrected chi connectivity index (χ4v) is 1.65. The predicted octanol–water partition coefficient (Wildman–Crippen LogP) is 0.927. The van der Waals surface area contributed by atoms with Gasteiger partial charge in [0.1, 0.15) is 0 Å². The summed E-state index contributed by atoms with van der Waals surface area (Å²) >= 11 is 3.49. The minimum atomic E-state index is 0.841. The van der Waals surface area contributed by atoms with E-state index >= 15 is 0 Å². The lowest BCUT2D eigenvalue weighted by atomic mass is 10.4. The normalized spacial score (nSPS) is 11.2. The molecule has 14 heavy (non-hydrogen) atoms. The van der Waals surface area contributed by atoms with E-state index in [1.807, 2.05) is 17.9 Å². The van der Waals surface area contributed by atoms with Gasteiger partial charge >= 0.3 is 0 Å². The van der Waals surface area contributed by atoms with Crippen LogP contribution in [0, 0.1) is 0 Å². The van der Waals surface area contributed by atoms with Crippen LogP contribution in [-0.4, -0.2) is 42.4 Å². The molecule has 1 aromatic heterocycles. The van der Waals surface area contributed by atoms with E-state index in [2.05, 4.69) is 45.3 Å². The van der Waals surface area contributed by atoms with Crippen molar-refractivity contribution < 1.29 is 0 Å². The average Bonchev–Trinajstić information content (AvgIpc) is 2.46. The number of nitrogens with zero attached hydrogens (tertiary/aromatic N) is 3. The van der Waals surface area contributed by atoms with E-state index in [0.717, 1.165) is 24.1 Å². The van der Waals surface area contributed by atoms with Gasteiger partial charge in [-0.25, -0.2) is 0 Å². The predicted molar refractivity (Wildman–Crippen MR) is 61.2 cm³/mol. The Hall–Kier alpha value is -0.390. The SMILES string of the molecule is CNCc1c(Br)cnn1CCN(C)C. The Balaban J connectivity index is 2.65. The first-order valence-electron chi connectivity index (χ1n) is 4.64. The van der Waals surface area contributed by atoms with Crippen molar-refractivity contribution in [1.29, 1.82) is 0 Å². The first-order chi connectivity index (χ1) is 6.65. The third-order valence-electron chi connectivity index (χ3n) is 2.00. The Kier molecular flexibility index (Phi) is 4.57. The molecule has 0 fully saturated rings. The summed E-state index contributed by atoms with van der Waals surface area (Å²) in [6.07, 6.45) is 1.85. The standard InChI is InChI=1S/C9H17BrN4/c1-11-7-9-8(10)6-12-14(9)5-4-13(2)3/h6,11H,4-5,7H2,1-3H3. The van der Waals surface area contributed by atoms with Crippen LogP contribution in [-0.2, 0) is 13.1 Å². The van der Waals surface area contributed by atoms with Gasteiger partial charge < -0.3 is 10.2 Å². The highest BCUT2D eigenvalue weighted by Crippen LogP contribution is 2.15. The smallest absolute Gasteiger partial charge is 0.0664 e.